The van der Waals surface area contributed by atoms with Gasteiger partial charge in [-0.05, 0) is 23.8 Å². The highest BCUT2D eigenvalue weighted by Crippen LogP contribution is 2.27. The molecule has 3 aromatic rings. The van der Waals surface area contributed by atoms with Crippen molar-refractivity contribution in [2.24, 2.45) is 0 Å². The zero-order valence-electron chi connectivity index (χ0n) is 13.7. The number of aromatic nitrogens is 3. The number of fused-ring (bicyclic) bond motifs is 1. The molecule has 124 valence electrons. The summed E-state index contributed by atoms with van der Waals surface area (Å²) in [6, 6.07) is 8.71. The summed E-state index contributed by atoms with van der Waals surface area (Å²) in [6.07, 6.45) is 1.60. The number of carbonyl (C=O) groups is 1. The highest BCUT2D eigenvalue weighted by molar-refractivity contribution is 6.31. The molecule has 6 heteroatoms. The van der Waals surface area contributed by atoms with Crippen LogP contribution in [0.3, 0.4) is 0 Å². The molecule has 0 saturated carbocycles. The van der Waals surface area contributed by atoms with Gasteiger partial charge >= 0.3 is 5.97 Å². The number of carboxylic acids is 1. The highest BCUT2D eigenvalue weighted by Gasteiger charge is 2.24. The monoisotopic (exact) mass is 343 g/mol. The minimum absolute atomic E-state index is 0.183. The number of hydrogen-bond acceptors (Lipinski definition) is 3. The number of rotatable bonds is 3. The van der Waals surface area contributed by atoms with Crippen molar-refractivity contribution in [3.05, 3.63) is 58.5 Å². The topological polar surface area (TPSA) is 68.0 Å². The third kappa shape index (κ3) is 3.12. The largest absolute Gasteiger partial charge is 0.478 e. The third-order valence-electron chi connectivity index (χ3n) is 3.74. The van der Waals surface area contributed by atoms with Crippen LogP contribution >= 0.6 is 11.6 Å². The number of halogens is 1. The molecule has 0 aliphatic carbocycles. The van der Waals surface area contributed by atoms with Gasteiger partial charge in [0.05, 0.1) is 17.1 Å². The summed E-state index contributed by atoms with van der Waals surface area (Å²) in [5.74, 6) is -0.0544. The Morgan fingerprint density at radius 3 is 2.71 bits per heavy atom. The van der Waals surface area contributed by atoms with Gasteiger partial charge in [-0.25, -0.2) is 14.8 Å². The Morgan fingerprint density at radius 1 is 1.29 bits per heavy atom. The molecule has 0 bridgehead atoms. The second-order valence-corrected chi connectivity index (χ2v) is 7.21. The van der Waals surface area contributed by atoms with Crippen LogP contribution in [0.15, 0.2) is 36.5 Å². The van der Waals surface area contributed by atoms with E-state index in [1.54, 1.807) is 30.5 Å². The van der Waals surface area contributed by atoms with Crippen LogP contribution in [0.4, 0.5) is 0 Å². The fraction of sp³-hybridized carbons (Fsp3) is 0.278. The first-order valence-electron chi connectivity index (χ1n) is 7.60. The first kappa shape index (κ1) is 16.5. The third-order valence-corrected chi connectivity index (χ3v) is 3.94. The summed E-state index contributed by atoms with van der Waals surface area (Å²) in [5.41, 5.74) is 2.45. The van der Waals surface area contributed by atoms with Crippen LogP contribution in [0.25, 0.3) is 11.2 Å². The molecule has 0 aliphatic heterocycles. The lowest BCUT2D eigenvalue weighted by atomic mass is 9.95. The molecule has 2 aromatic heterocycles. The van der Waals surface area contributed by atoms with Crippen molar-refractivity contribution in [2.75, 3.05) is 0 Å². The smallest absolute Gasteiger partial charge is 0.335 e. The minimum atomic E-state index is -0.937. The van der Waals surface area contributed by atoms with E-state index in [1.165, 1.54) is 0 Å². The highest BCUT2D eigenvalue weighted by atomic mass is 35.5. The fourth-order valence-corrected chi connectivity index (χ4v) is 2.85. The molecule has 5 nitrogen and oxygen atoms in total. The molecular weight excluding hydrogens is 326 g/mol. The molecule has 0 spiro atoms. The molecular formula is C18H18ClN3O2. The number of imidazole rings is 1. The number of pyridine rings is 1. The molecule has 1 N–H and O–H groups in total. The van der Waals surface area contributed by atoms with Gasteiger partial charge in [-0.1, -0.05) is 44.5 Å². The van der Waals surface area contributed by atoms with Gasteiger partial charge in [-0.3, -0.25) is 0 Å². The summed E-state index contributed by atoms with van der Waals surface area (Å²) in [4.78, 5) is 20.3. The van der Waals surface area contributed by atoms with Crippen molar-refractivity contribution in [1.29, 1.82) is 0 Å². The maximum absolute atomic E-state index is 11.2. The predicted molar refractivity (Wildman–Crippen MR) is 93.7 cm³/mol. The van der Waals surface area contributed by atoms with Crippen LogP contribution in [0.5, 0.6) is 0 Å². The van der Waals surface area contributed by atoms with E-state index in [-0.39, 0.29) is 11.0 Å². The first-order chi connectivity index (χ1) is 11.3. The van der Waals surface area contributed by atoms with Crippen LogP contribution in [0.1, 0.15) is 42.5 Å². The van der Waals surface area contributed by atoms with Crippen LogP contribution in [0, 0.1) is 0 Å². The molecule has 0 aliphatic rings. The maximum atomic E-state index is 11.2. The Bertz CT molecular complexity index is 926. The zero-order chi connectivity index (χ0) is 17.5. The van der Waals surface area contributed by atoms with E-state index in [2.05, 4.69) is 25.8 Å². The fourth-order valence-electron chi connectivity index (χ4n) is 2.69. The maximum Gasteiger partial charge on any atom is 0.335 e. The Labute approximate surface area is 144 Å². The molecule has 0 atom stereocenters. The molecule has 0 unspecified atom stereocenters. The minimum Gasteiger partial charge on any atom is -0.478 e. The van der Waals surface area contributed by atoms with E-state index in [1.807, 2.05) is 10.6 Å². The van der Waals surface area contributed by atoms with Crippen LogP contribution < -0.4 is 0 Å². The van der Waals surface area contributed by atoms with Gasteiger partial charge in [0, 0.05) is 11.6 Å². The quantitative estimate of drug-likeness (QED) is 0.776. The lowest BCUT2D eigenvalue weighted by Crippen LogP contribution is -2.19. The number of carboxylic acid groups (broad SMARTS) is 1. The van der Waals surface area contributed by atoms with Crippen molar-refractivity contribution in [2.45, 2.75) is 32.7 Å². The summed E-state index contributed by atoms with van der Waals surface area (Å²) >= 11 is 6.03. The first-order valence-corrected chi connectivity index (χ1v) is 7.98. The van der Waals surface area contributed by atoms with Crippen molar-refractivity contribution in [1.82, 2.24) is 14.5 Å². The van der Waals surface area contributed by atoms with Crippen molar-refractivity contribution in [3.63, 3.8) is 0 Å². The van der Waals surface area contributed by atoms with Gasteiger partial charge < -0.3 is 9.67 Å². The van der Waals surface area contributed by atoms with E-state index in [0.29, 0.717) is 11.6 Å². The molecule has 3 rings (SSSR count). The number of nitrogens with zero attached hydrogens (tertiary/aromatic N) is 3. The van der Waals surface area contributed by atoms with Crippen LogP contribution in [-0.4, -0.2) is 25.6 Å². The summed E-state index contributed by atoms with van der Waals surface area (Å²) < 4.78 is 2.02. The average molecular weight is 344 g/mol. The summed E-state index contributed by atoms with van der Waals surface area (Å²) in [6.45, 7) is 6.75. The van der Waals surface area contributed by atoms with Gasteiger partial charge in [0.15, 0.2) is 5.65 Å². The predicted octanol–water partition coefficient (Wildman–Crippen LogP) is 4.13. The Kier molecular flexibility index (Phi) is 4.05. The normalized spacial score (nSPS) is 11.8. The van der Waals surface area contributed by atoms with Crippen molar-refractivity contribution >= 4 is 28.7 Å². The van der Waals surface area contributed by atoms with Gasteiger partial charge in [0.25, 0.3) is 0 Å². The van der Waals surface area contributed by atoms with E-state index in [9.17, 15) is 9.90 Å². The van der Waals surface area contributed by atoms with E-state index in [4.69, 9.17) is 16.6 Å². The molecule has 1 aromatic carbocycles. The molecule has 0 fully saturated rings. The van der Waals surface area contributed by atoms with Crippen LogP contribution in [-0.2, 0) is 12.0 Å². The van der Waals surface area contributed by atoms with Gasteiger partial charge in [-0.2, -0.15) is 0 Å². The van der Waals surface area contributed by atoms with Gasteiger partial charge in [0.2, 0.25) is 0 Å². The van der Waals surface area contributed by atoms with Crippen molar-refractivity contribution < 1.29 is 9.90 Å². The number of aromatic carboxylic acids is 1. The second-order valence-electron chi connectivity index (χ2n) is 6.77. The zero-order valence-corrected chi connectivity index (χ0v) is 14.5. The SMILES string of the molecule is CC(C)(C)c1nc2cc(Cl)cnc2n1Cc1cccc(C(=O)O)c1. The van der Waals surface area contributed by atoms with Crippen LogP contribution in [0.2, 0.25) is 5.02 Å². The Morgan fingerprint density at radius 2 is 2.04 bits per heavy atom. The Hall–Kier alpha value is -2.40. The molecule has 24 heavy (non-hydrogen) atoms. The van der Waals surface area contributed by atoms with Crippen molar-refractivity contribution in [3.8, 4) is 0 Å². The molecule has 2 heterocycles. The molecule has 0 radical (unpaired) electrons. The van der Waals surface area contributed by atoms with Gasteiger partial charge in [-0.15, -0.1) is 0 Å². The molecule has 0 saturated heterocycles. The lowest BCUT2D eigenvalue weighted by Gasteiger charge is -2.20. The summed E-state index contributed by atoms with van der Waals surface area (Å²) in [7, 11) is 0. The average Bonchev–Trinajstić information content (AvgIpc) is 2.85. The second kappa shape index (κ2) is 5.91. The summed E-state index contributed by atoms with van der Waals surface area (Å²) in [5, 5.41) is 9.72. The van der Waals surface area contributed by atoms with E-state index >= 15 is 0 Å². The lowest BCUT2D eigenvalue weighted by molar-refractivity contribution is 0.0696. The van der Waals surface area contributed by atoms with E-state index in [0.717, 1.165) is 22.6 Å². The van der Waals surface area contributed by atoms with Gasteiger partial charge in [0.1, 0.15) is 11.3 Å². The van der Waals surface area contributed by atoms with E-state index < -0.39 is 5.97 Å². The Balaban J connectivity index is 2.14. The number of hydrogen-bond donors (Lipinski definition) is 1. The number of benzene rings is 1. The standard InChI is InChI=1S/C18H18ClN3O2/c1-18(2,3)17-21-14-8-13(19)9-20-15(14)22(17)10-11-5-4-6-12(7-11)16(23)24/h4-9H,10H2,1-3H3,(H,23,24). The molecule has 0 amide bonds.